The first-order valence-corrected chi connectivity index (χ1v) is 9.29. The maximum atomic E-state index is 12.7. The topological polar surface area (TPSA) is 73.6 Å². The van der Waals surface area contributed by atoms with Gasteiger partial charge in [0.05, 0.1) is 6.04 Å². The molecule has 1 aliphatic heterocycles. The van der Waals surface area contributed by atoms with Crippen LogP contribution in [0.2, 0.25) is 0 Å². The molecule has 0 aliphatic carbocycles. The van der Waals surface area contributed by atoms with Crippen LogP contribution in [0.15, 0.2) is 48.5 Å². The van der Waals surface area contributed by atoms with Crippen LogP contribution >= 0.6 is 0 Å². The van der Waals surface area contributed by atoms with E-state index in [9.17, 15) is 13.6 Å². The van der Waals surface area contributed by atoms with E-state index in [4.69, 9.17) is 10.5 Å². The molecule has 1 amide bonds. The van der Waals surface area contributed by atoms with E-state index in [1.54, 1.807) is 12.1 Å². The van der Waals surface area contributed by atoms with Crippen LogP contribution in [0.1, 0.15) is 24.0 Å². The summed E-state index contributed by atoms with van der Waals surface area (Å²) in [7, 11) is 0. The van der Waals surface area contributed by atoms with E-state index >= 15 is 0 Å². The molecule has 0 bridgehead atoms. The fourth-order valence-corrected chi connectivity index (χ4v) is 3.34. The normalized spacial score (nSPS) is 16.0. The van der Waals surface area contributed by atoms with E-state index in [1.165, 1.54) is 6.07 Å². The summed E-state index contributed by atoms with van der Waals surface area (Å²) in [5, 5.41) is 2.80. The molecule has 1 saturated heterocycles. The van der Waals surface area contributed by atoms with Gasteiger partial charge in [0.15, 0.2) is 0 Å². The Hall–Kier alpha value is -2.51. The standard InChI is InChI=1S/C21H24F2N2O3/c22-21(23)28-18-7-6-17(13-16(18)12-14-4-2-1-3-5-14)25-20(26)19(24)15-8-10-27-11-9-15/h1-7,13,15,19,21H,8-12,24H2,(H,25,26). The third kappa shape index (κ3) is 5.50. The molecule has 28 heavy (non-hydrogen) atoms. The zero-order valence-corrected chi connectivity index (χ0v) is 15.4. The summed E-state index contributed by atoms with van der Waals surface area (Å²) >= 11 is 0. The van der Waals surface area contributed by atoms with Crippen LogP contribution in [0.3, 0.4) is 0 Å². The molecule has 3 rings (SSSR count). The number of carbonyl (C=O) groups excluding carboxylic acids is 1. The zero-order chi connectivity index (χ0) is 19.9. The summed E-state index contributed by atoms with van der Waals surface area (Å²) in [5.41, 5.74) is 8.11. The number of carbonyl (C=O) groups is 1. The van der Waals surface area contributed by atoms with Gasteiger partial charge in [0.2, 0.25) is 5.91 Å². The van der Waals surface area contributed by atoms with Crippen LogP contribution in [0.5, 0.6) is 5.75 Å². The summed E-state index contributed by atoms with van der Waals surface area (Å²) in [6, 6.07) is 13.4. The highest BCUT2D eigenvalue weighted by molar-refractivity contribution is 5.95. The molecular formula is C21H24F2N2O3. The Kier molecular flexibility index (Phi) is 6.95. The molecule has 7 heteroatoms. The Bertz CT molecular complexity index is 780. The molecule has 1 unspecified atom stereocenters. The Labute approximate surface area is 162 Å². The van der Waals surface area contributed by atoms with Gasteiger partial charge in [0, 0.05) is 30.9 Å². The fraction of sp³-hybridized carbons (Fsp3) is 0.381. The Morgan fingerprint density at radius 1 is 1.18 bits per heavy atom. The van der Waals surface area contributed by atoms with Crippen LogP contribution in [-0.4, -0.2) is 31.8 Å². The van der Waals surface area contributed by atoms with Crippen LogP contribution in [0, 0.1) is 5.92 Å². The molecular weight excluding hydrogens is 366 g/mol. The summed E-state index contributed by atoms with van der Waals surface area (Å²) in [6.45, 7) is -1.71. The minimum absolute atomic E-state index is 0.0685. The van der Waals surface area contributed by atoms with Crippen molar-refractivity contribution in [3.63, 3.8) is 0 Å². The number of hydrogen-bond donors (Lipinski definition) is 2. The van der Waals surface area contributed by atoms with Gasteiger partial charge < -0.3 is 20.5 Å². The zero-order valence-electron chi connectivity index (χ0n) is 15.4. The smallest absolute Gasteiger partial charge is 0.387 e. The van der Waals surface area contributed by atoms with E-state index in [0.29, 0.717) is 30.9 Å². The highest BCUT2D eigenvalue weighted by atomic mass is 19.3. The summed E-state index contributed by atoms with van der Waals surface area (Å²) in [6.07, 6.45) is 1.89. The average Bonchev–Trinajstić information content (AvgIpc) is 2.70. The first-order chi connectivity index (χ1) is 13.5. The number of amides is 1. The van der Waals surface area contributed by atoms with Crippen molar-refractivity contribution in [1.82, 2.24) is 0 Å². The lowest BCUT2D eigenvalue weighted by Crippen LogP contribution is -2.44. The Morgan fingerprint density at radius 2 is 1.89 bits per heavy atom. The molecule has 1 heterocycles. The Balaban J connectivity index is 1.75. The van der Waals surface area contributed by atoms with Gasteiger partial charge in [-0.1, -0.05) is 30.3 Å². The van der Waals surface area contributed by atoms with Gasteiger partial charge in [0.1, 0.15) is 5.75 Å². The van der Waals surface area contributed by atoms with Crippen molar-refractivity contribution in [2.24, 2.45) is 11.7 Å². The van der Waals surface area contributed by atoms with E-state index < -0.39 is 12.7 Å². The second kappa shape index (κ2) is 9.61. The first kappa shape index (κ1) is 20.2. The number of ether oxygens (including phenoxy) is 2. The highest BCUT2D eigenvalue weighted by Gasteiger charge is 2.26. The highest BCUT2D eigenvalue weighted by Crippen LogP contribution is 2.27. The SMILES string of the molecule is NC(C(=O)Nc1ccc(OC(F)F)c(Cc2ccccc2)c1)C1CCOCC1. The first-order valence-electron chi connectivity index (χ1n) is 9.29. The quantitative estimate of drug-likeness (QED) is 0.758. The van der Waals surface area contributed by atoms with Gasteiger partial charge in [0.25, 0.3) is 0 Å². The van der Waals surface area contributed by atoms with Gasteiger partial charge in [-0.3, -0.25) is 4.79 Å². The van der Waals surface area contributed by atoms with Crippen molar-refractivity contribution < 1.29 is 23.0 Å². The van der Waals surface area contributed by atoms with Crippen LogP contribution in [0.25, 0.3) is 0 Å². The third-order valence-electron chi connectivity index (χ3n) is 4.86. The van der Waals surface area contributed by atoms with Crippen LogP contribution in [0.4, 0.5) is 14.5 Å². The number of rotatable bonds is 7. The van der Waals surface area contributed by atoms with Crippen LogP contribution < -0.4 is 15.8 Å². The second-order valence-corrected chi connectivity index (χ2v) is 6.83. The second-order valence-electron chi connectivity index (χ2n) is 6.83. The lowest BCUT2D eigenvalue weighted by molar-refractivity contribution is -0.119. The Morgan fingerprint density at radius 3 is 2.57 bits per heavy atom. The number of anilines is 1. The summed E-state index contributed by atoms with van der Waals surface area (Å²) < 4.78 is 35.4. The summed E-state index contributed by atoms with van der Waals surface area (Å²) in [5.74, 6) is -0.135. The van der Waals surface area contributed by atoms with Gasteiger partial charge in [-0.25, -0.2) is 0 Å². The van der Waals surface area contributed by atoms with Crippen molar-refractivity contribution in [3.05, 3.63) is 59.7 Å². The molecule has 2 aromatic rings. The minimum Gasteiger partial charge on any atom is -0.435 e. The molecule has 5 nitrogen and oxygen atoms in total. The lowest BCUT2D eigenvalue weighted by atomic mass is 9.92. The number of nitrogens with two attached hydrogens (primary N) is 1. The maximum absolute atomic E-state index is 12.7. The van der Waals surface area contributed by atoms with Gasteiger partial charge in [-0.05, 0) is 42.5 Å². The number of benzene rings is 2. The molecule has 1 fully saturated rings. The predicted molar refractivity (Wildman–Crippen MR) is 102 cm³/mol. The number of halogens is 2. The van der Waals surface area contributed by atoms with Gasteiger partial charge in [-0.2, -0.15) is 8.78 Å². The number of nitrogens with one attached hydrogen (secondary N) is 1. The van der Waals surface area contributed by atoms with Crippen molar-refractivity contribution in [3.8, 4) is 5.75 Å². The van der Waals surface area contributed by atoms with Gasteiger partial charge >= 0.3 is 6.61 Å². The average molecular weight is 390 g/mol. The van der Waals surface area contributed by atoms with Gasteiger partial charge in [-0.15, -0.1) is 0 Å². The maximum Gasteiger partial charge on any atom is 0.387 e. The molecule has 3 N–H and O–H groups in total. The van der Waals surface area contributed by atoms with Crippen molar-refractivity contribution in [2.75, 3.05) is 18.5 Å². The molecule has 0 saturated carbocycles. The molecule has 2 aromatic carbocycles. The van der Waals surface area contributed by atoms with Crippen molar-refractivity contribution in [1.29, 1.82) is 0 Å². The van der Waals surface area contributed by atoms with E-state index in [0.717, 1.165) is 18.4 Å². The lowest BCUT2D eigenvalue weighted by Gasteiger charge is -2.26. The molecule has 0 aromatic heterocycles. The minimum atomic E-state index is -2.92. The van der Waals surface area contributed by atoms with Crippen molar-refractivity contribution in [2.45, 2.75) is 31.9 Å². The monoisotopic (exact) mass is 390 g/mol. The van der Waals surface area contributed by atoms with E-state index in [-0.39, 0.29) is 17.6 Å². The number of hydrogen-bond acceptors (Lipinski definition) is 4. The molecule has 1 atom stereocenters. The fourth-order valence-electron chi connectivity index (χ4n) is 3.34. The predicted octanol–water partition coefficient (Wildman–Crippen LogP) is 3.57. The molecule has 150 valence electrons. The van der Waals surface area contributed by atoms with Crippen molar-refractivity contribution >= 4 is 11.6 Å². The molecule has 1 aliphatic rings. The molecule has 0 radical (unpaired) electrons. The van der Waals surface area contributed by atoms with E-state index in [2.05, 4.69) is 10.1 Å². The van der Waals surface area contributed by atoms with Crippen LogP contribution in [-0.2, 0) is 16.0 Å². The van der Waals surface area contributed by atoms with E-state index in [1.807, 2.05) is 30.3 Å². The third-order valence-corrected chi connectivity index (χ3v) is 4.86. The number of alkyl halides is 2. The largest absolute Gasteiger partial charge is 0.435 e. The molecule has 0 spiro atoms. The summed E-state index contributed by atoms with van der Waals surface area (Å²) in [4.78, 5) is 12.5.